The lowest BCUT2D eigenvalue weighted by atomic mass is 10.0. The van der Waals surface area contributed by atoms with Gasteiger partial charge in [0.1, 0.15) is 24.2 Å². The Morgan fingerprint density at radius 1 is 1.24 bits per heavy atom. The van der Waals surface area contributed by atoms with Crippen molar-refractivity contribution in [3.63, 3.8) is 0 Å². The number of likely N-dealkylation sites (N-methyl/N-ethyl adjacent to an activating group) is 1. The fourth-order valence-electron chi connectivity index (χ4n) is 3.05. The van der Waals surface area contributed by atoms with E-state index in [1.807, 2.05) is 12.3 Å². The largest absolute Gasteiger partial charge is 0.468 e. The van der Waals surface area contributed by atoms with Crippen molar-refractivity contribution in [3.8, 4) is 0 Å². The zero-order chi connectivity index (χ0) is 25.9. The number of hydrogen-bond donors (Lipinski definition) is 2. The Labute approximate surface area is 205 Å². The van der Waals surface area contributed by atoms with Crippen molar-refractivity contribution < 1.29 is 28.7 Å². The molecule has 1 aromatic rings. The average molecular weight is 494 g/mol. The second kappa shape index (κ2) is 13.6. The Morgan fingerprint density at radius 3 is 2.47 bits per heavy atom. The number of thioether (sulfide) groups is 1. The maximum absolute atomic E-state index is 13.5. The normalized spacial score (nSPS) is 12.6. The van der Waals surface area contributed by atoms with Crippen molar-refractivity contribution in [1.82, 2.24) is 15.5 Å². The number of carbonyl (C=O) groups is 4. The summed E-state index contributed by atoms with van der Waals surface area (Å²) in [6.45, 7) is 8.58. The molecule has 0 aliphatic rings. The summed E-state index contributed by atoms with van der Waals surface area (Å²) in [5.41, 5.74) is 0.552. The van der Waals surface area contributed by atoms with Gasteiger partial charge < -0.3 is 25.0 Å². The zero-order valence-electron chi connectivity index (χ0n) is 20.7. The molecule has 0 spiro atoms. The molecule has 0 aromatic heterocycles. The molecule has 2 atom stereocenters. The SMILES string of the molecule is C=Cc1cccc(C(C(=O)NCC(=O)OC)N(C)C(=O)C(CCSC)NC(=O)OC(C)(C)C)c1. The van der Waals surface area contributed by atoms with Crippen molar-refractivity contribution in [2.24, 2.45) is 0 Å². The van der Waals surface area contributed by atoms with Crippen LogP contribution in [0.25, 0.3) is 6.08 Å². The summed E-state index contributed by atoms with van der Waals surface area (Å²) in [6, 6.07) is 5.03. The van der Waals surface area contributed by atoms with Gasteiger partial charge in [-0.2, -0.15) is 11.8 Å². The molecular formula is C24H35N3O6S. The van der Waals surface area contributed by atoms with Crippen molar-refractivity contribution in [3.05, 3.63) is 42.0 Å². The summed E-state index contributed by atoms with van der Waals surface area (Å²) < 4.78 is 9.89. The van der Waals surface area contributed by atoms with Gasteiger partial charge in [-0.3, -0.25) is 14.4 Å². The van der Waals surface area contributed by atoms with Crippen LogP contribution in [-0.2, 0) is 23.9 Å². The van der Waals surface area contributed by atoms with Crippen LogP contribution in [0.5, 0.6) is 0 Å². The van der Waals surface area contributed by atoms with E-state index in [4.69, 9.17) is 4.74 Å². The third-order valence-electron chi connectivity index (χ3n) is 4.68. The monoisotopic (exact) mass is 493 g/mol. The number of amides is 3. The molecule has 0 bridgehead atoms. The summed E-state index contributed by atoms with van der Waals surface area (Å²) in [4.78, 5) is 51.8. The van der Waals surface area contributed by atoms with Crippen molar-refractivity contribution in [2.75, 3.05) is 32.7 Å². The summed E-state index contributed by atoms with van der Waals surface area (Å²) in [5, 5.41) is 5.14. The van der Waals surface area contributed by atoms with Crippen molar-refractivity contribution in [1.29, 1.82) is 0 Å². The number of benzene rings is 1. The Morgan fingerprint density at radius 2 is 1.91 bits per heavy atom. The molecule has 34 heavy (non-hydrogen) atoms. The van der Waals surface area contributed by atoms with E-state index in [9.17, 15) is 19.2 Å². The van der Waals surface area contributed by atoms with Gasteiger partial charge in [-0.05, 0) is 56.4 Å². The summed E-state index contributed by atoms with van der Waals surface area (Å²) >= 11 is 1.52. The number of esters is 1. The van der Waals surface area contributed by atoms with E-state index in [1.165, 1.54) is 30.8 Å². The Hall–Kier alpha value is -3.01. The first-order chi connectivity index (χ1) is 15.9. The summed E-state index contributed by atoms with van der Waals surface area (Å²) in [6.07, 6.45) is 3.13. The molecule has 0 aliphatic heterocycles. The van der Waals surface area contributed by atoms with Gasteiger partial charge in [0, 0.05) is 7.05 Å². The van der Waals surface area contributed by atoms with Gasteiger partial charge in [0.05, 0.1) is 7.11 Å². The van der Waals surface area contributed by atoms with E-state index in [0.717, 1.165) is 5.56 Å². The highest BCUT2D eigenvalue weighted by Gasteiger charge is 2.34. The molecule has 0 aliphatic carbocycles. The minimum absolute atomic E-state index is 0.340. The molecule has 1 rings (SSSR count). The van der Waals surface area contributed by atoms with E-state index in [1.54, 1.807) is 45.0 Å². The Kier molecular flexibility index (Phi) is 11.6. The van der Waals surface area contributed by atoms with Gasteiger partial charge in [0.2, 0.25) is 11.8 Å². The smallest absolute Gasteiger partial charge is 0.408 e. The van der Waals surface area contributed by atoms with Crippen LogP contribution in [0.2, 0.25) is 0 Å². The fourth-order valence-corrected chi connectivity index (χ4v) is 3.52. The van der Waals surface area contributed by atoms with Gasteiger partial charge in [0.25, 0.3) is 0 Å². The molecule has 2 unspecified atom stereocenters. The number of carbonyl (C=O) groups excluding carboxylic acids is 4. The summed E-state index contributed by atoms with van der Waals surface area (Å²) in [5.74, 6) is -1.05. The molecule has 0 saturated heterocycles. The molecule has 0 saturated carbocycles. The summed E-state index contributed by atoms with van der Waals surface area (Å²) in [7, 11) is 2.70. The van der Waals surface area contributed by atoms with Crippen LogP contribution < -0.4 is 10.6 Å². The molecule has 3 amide bonds. The van der Waals surface area contributed by atoms with Crippen LogP contribution in [0.3, 0.4) is 0 Å². The highest BCUT2D eigenvalue weighted by Crippen LogP contribution is 2.23. The average Bonchev–Trinajstić information content (AvgIpc) is 2.78. The molecule has 9 nitrogen and oxygen atoms in total. The molecule has 0 heterocycles. The number of methoxy groups -OCH3 is 1. The van der Waals surface area contributed by atoms with E-state index >= 15 is 0 Å². The van der Waals surface area contributed by atoms with E-state index < -0.39 is 41.6 Å². The molecule has 188 valence electrons. The fraction of sp³-hybridized carbons (Fsp3) is 0.500. The quantitative estimate of drug-likeness (QED) is 0.456. The zero-order valence-corrected chi connectivity index (χ0v) is 21.5. The molecule has 0 radical (unpaired) electrons. The Balaban J connectivity index is 3.26. The molecule has 2 N–H and O–H groups in total. The van der Waals surface area contributed by atoms with Crippen LogP contribution in [0.1, 0.15) is 44.4 Å². The lowest BCUT2D eigenvalue weighted by Gasteiger charge is -2.31. The van der Waals surface area contributed by atoms with Crippen LogP contribution in [0.4, 0.5) is 4.79 Å². The third kappa shape index (κ3) is 9.46. The first-order valence-corrected chi connectivity index (χ1v) is 12.1. The topological polar surface area (TPSA) is 114 Å². The second-order valence-electron chi connectivity index (χ2n) is 8.50. The van der Waals surface area contributed by atoms with Gasteiger partial charge in [-0.1, -0.05) is 30.9 Å². The van der Waals surface area contributed by atoms with E-state index in [2.05, 4.69) is 21.9 Å². The first kappa shape index (κ1) is 29.0. The van der Waals surface area contributed by atoms with E-state index in [0.29, 0.717) is 17.7 Å². The van der Waals surface area contributed by atoms with Gasteiger partial charge >= 0.3 is 12.1 Å². The maximum atomic E-state index is 13.5. The van der Waals surface area contributed by atoms with E-state index in [-0.39, 0.29) is 6.54 Å². The highest BCUT2D eigenvalue weighted by atomic mass is 32.2. The predicted octanol–water partition coefficient (Wildman–Crippen LogP) is 2.76. The van der Waals surface area contributed by atoms with Crippen LogP contribution in [-0.4, -0.2) is 73.1 Å². The third-order valence-corrected chi connectivity index (χ3v) is 5.32. The number of rotatable bonds is 11. The number of alkyl carbamates (subject to hydrolysis) is 1. The van der Waals surface area contributed by atoms with Crippen molar-refractivity contribution in [2.45, 2.75) is 44.9 Å². The number of hydrogen-bond acceptors (Lipinski definition) is 7. The molecule has 10 heteroatoms. The van der Waals surface area contributed by atoms with Crippen LogP contribution >= 0.6 is 11.8 Å². The predicted molar refractivity (Wildman–Crippen MR) is 133 cm³/mol. The standard InChI is InChI=1S/C24H35N3O6S/c1-8-16-10-9-11-17(14-16)20(21(29)25-15-19(28)32-6)27(5)22(30)18(12-13-34-7)26-23(31)33-24(2,3)4/h8-11,14,18,20H,1,12-13,15H2,2-7H3,(H,25,29)(H,26,31). The first-order valence-electron chi connectivity index (χ1n) is 10.8. The molecule has 1 aromatic carbocycles. The van der Waals surface area contributed by atoms with Crippen molar-refractivity contribution >= 4 is 41.7 Å². The highest BCUT2D eigenvalue weighted by molar-refractivity contribution is 7.98. The van der Waals surface area contributed by atoms with Crippen LogP contribution in [0, 0.1) is 0 Å². The number of ether oxygens (including phenoxy) is 2. The minimum atomic E-state index is -1.06. The second-order valence-corrected chi connectivity index (χ2v) is 9.49. The van der Waals surface area contributed by atoms with Crippen LogP contribution in [0.15, 0.2) is 30.8 Å². The lowest BCUT2D eigenvalue weighted by molar-refractivity contribution is -0.143. The Bertz CT molecular complexity index is 884. The molecular weight excluding hydrogens is 458 g/mol. The molecule has 0 fully saturated rings. The lowest BCUT2D eigenvalue weighted by Crippen LogP contribution is -2.52. The van der Waals surface area contributed by atoms with Gasteiger partial charge in [-0.25, -0.2) is 4.79 Å². The van der Waals surface area contributed by atoms with Gasteiger partial charge in [0.15, 0.2) is 0 Å². The minimum Gasteiger partial charge on any atom is -0.468 e. The number of nitrogens with zero attached hydrogens (tertiary/aromatic N) is 1. The maximum Gasteiger partial charge on any atom is 0.408 e. The van der Waals surface area contributed by atoms with Gasteiger partial charge in [-0.15, -0.1) is 0 Å². The number of nitrogens with one attached hydrogen (secondary N) is 2.